The lowest BCUT2D eigenvalue weighted by atomic mass is 10.1. The molecule has 0 aromatic heterocycles. The number of rotatable bonds is 7. The lowest BCUT2D eigenvalue weighted by Gasteiger charge is -2.25. The Kier molecular flexibility index (Phi) is 5.65. The third kappa shape index (κ3) is 3.74. The largest absolute Gasteiger partial charge is 0.478 e. The van der Waals surface area contributed by atoms with E-state index in [0.717, 1.165) is 24.3 Å². The van der Waals surface area contributed by atoms with Crippen LogP contribution in [0.5, 0.6) is 0 Å². The third-order valence-corrected chi connectivity index (χ3v) is 2.88. The zero-order valence-corrected chi connectivity index (χ0v) is 11.3. The van der Waals surface area contributed by atoms with E-state index in [0.29, 0.717) is 18.8 Å². The summed E-state index contributed by atoms with van der Waals surface area (Å²) in [5, 5.41) is 8.94. The Morgan fingerprint density at radius 2 is 2.11 bits per heavy atom. The summed E-state index contributed by atoms with van der Waals surface area (Å²) < 4.78 is 5.35. The molecule has 0 spiro atoms. The fraction of sp³-hybridized carbons (Fsp3) is 0.500. The number of nitrogens with zero attached hydrogens (tertiary/aromatic N) is 1. The standard InChI is InChI=1S/C14H21NO3/c1-4-15(8-9-18-5-2)13-7-6-12(14(16)17)10-11(13)3/h6-7,10H,4-5,8-9H2,1-3H3,(H,16,17). The van der Waals surface area contributed by atoms with Gasteiger partial charge < -0.3 is 14.7 Å². The normalized spacial score (nSPS) is 10.4. The van der Waals surface area contributed by atoms with E-state index in [9.17, 15) is 4.79 Å². The van der Waals surface area contributed by atoms with Gasteiger partial charge in [-0.1, -0.05) is 0 Å². The molecule has 0 amide bonds. The SMILES string of the molecule is CCOCCN(CC)c1ccc(C(=O)O)cc1C. The molecule has 0 radical (unpaired) electrons. The van der Waals surface area contributed by atoms with Gasteiger partial charge in [-0.3, -0.25) is 0 Å². The van der Waals surface area contributed by atoms with Gasteiger partial charge in [-0.05, 0) is 44.5 Å². The van der Waals surface area contributed by atoms with Crippen LogP contribution in [0.4, 0.5) is 5.69 Å². The Bertz CT molecular complexity index is 404. The molecule has 1 aromatic carbocycles. The summed E-state index contributed by atoms with van der Waals surface area (Å²) in [6.07, 6.45) is 0. The third-order valence-electron chi connectivity index (χ3n) is 2.88. The molecule has 4 heteroatoms. The second kappa shape index (κ2) is 7.01. The zero-order chi connectivity index (χ0) is 13.5. The molecule has 0 heterocycles. The van der Waals surface area contributed by atoms with Gasteiger partial charge in [0.1, 0.15) is 0 Å². The second-order valence-electron chi connectivity index (χ2n) is 4.08. The molecule has 1 N–H and O–H groups in total. The van der Waals surface area contributed by atoms with Gasteiger partial charge in [0.2, 0.25) is 0 Å². The number of carboxylic acids is 1. The van der Waals surface area contributed by atoms with Crippen LogP contribution in [0.2, 0.25) is 0 Å². The summed E-state index contributed by atoms with van der Waals surface area (Å²) >= 11 is 0. The molecule has 4 nitrogen and oxygen atoms in total. The minimum absolute atomic E-state index is 0.331. The van der Waals surface area contributed by atoms with Gasteiger partial charge in [0.25, 0.3) is 0 Å². The molecule has 0 aliphatic rings. The minimum Gasteiger partial charge on any atom is -0.478 e. The molecule has 0 atom stereocenters. The van der Waals surface area contributed by atoms with Crippen LogP contribution >= 0.6 is 0 Å². The van der Waals surface area contributed by atoms with Crippen molar-refractivity contribution in [3.8, 4) is 0 Å². The Labute approximate surface area is 108 Å². The number of carboxylic acid groups (broad SMARTS) is 1. The van der Waals surface area contributed by atoms with E-state index in [1.807, 2.05) is 19.9 Å². The maximum atomic E-state index is 10.9. The highest BCUT2D eigenvalue weighted by molar-refractivity contribution is 5.88. The van der Waals surface area contributed by atoms with Crippen molar-refractivity contribution in [3.05, 3.63) is 29.3 Å². The molecule has 0 saturated carbocycles. The lowest BCUT2D eigenvalue weighted by molar-refractivity contribution is 0.0697. The number of benzene rings is 1. The first kappa shape index (κ1) is 14.5. The average molecular weight is 251 g/mol. The molecule has 0 aliphatic carbocycles. The highest BCUT2D eigenvalue weighted by Gasteiger charge is 2.10. The van der Waals surface area contributed by atoms with E-state index in [1.54, 1.807) is 12.1 Å². The smallest absolute Gasteiger partial charge is 0.335 e. The summed E-state index contributed by atoms with van der Waals surface area (Å²) in [5.41, 5.74) is 2.38. The van der Waals surface area contributed by atoms with Crippen molar-refractivity contribution in [1.82, 2.24) is 0 Å². The van der Waals surface area contributed by atoms with Crippen molar-refractivity contribution >= 4 is 11.7 Å². The summed E-state index contributed by atoms with van der Waals surface area (Å²) in [4.78, 5) is 13.1. The first-order valence-electron chi connectivity index (χ1n) is 6.26. The summed E-state index contributed by atoms with van der Waals surface area (Å²) in [5.74, 6) is -0.887. The number of aromatic carboxylic acids is 1. The van der Waals surface area contributed by atoms with Crippen molar-refractivity contribution in [2.75, 3.05) is 31.2 Å². The molecule has 0 unspecified atom stereocenters. The van der Waals surface area contributed by atoms with E-state index < -0.39 is 5.97 Å². The Morgan fingerprint density at radius 3 is 2.61 bits per heavy atom. The van der Waals surface area contributed by atoms with Crippen LogP contribution in [-0.4, -0.2) is 37.4 Å². The number of anilines is 1. The van der Waals surface area contributed by atoms with Gasteiger partial charge in [-0.15, -0.1) is 0 Å². The number of likely N-dealkylation sites (N-methyl/N-ethyl adjacent to an activating group) is 1. The second-order valence-corrected chi connectivity index (χ2v) is 4.08. The molecule has 0 aliphatic heterocycles. The lowest BCUT2D eigenvalue weighted by Crippen LogP contribution is -2.27. The zero-order valence-electron chi connectivity index (χ0n) is 11.3. The number of hydrogen-bond acceptors (Lipinski definition) is 3. The van der Waals surface area contributed by atoms with Crippen molar-refractivity contribution in [1.29, 1.82) is 0 Å². The van der Waals surface area contributed by atoms with Gasteiger partial charge in [-0.2, -0.15) is 0 Å². The highest BCUT2D eigenvalue weighted by atomic mass is 16.5. The maximum absolute atomic E-state index is 10.9. The fourth-order valence-electron chi connectivity index (χ4n) is 1.91. The quantitative estimate of drug-likeness (QED) is 0.757. The van der Waals surface area contributed by atoms with Crippen molar-refractivity contribution in [3.63, 3.8) is 0 Å². The Hall–Kier alpha value is -1.55. The van der Waals surface area contributed by atoms with Crippen molar-refractivity contribution in [2.24, 2.45) is 0 Å². The van der Waals surface area contributed by atoms with Gasteiger partial charge >= 0.3 is 5.97 Å². The predicted octanol–water partition coefficient (Wildman–Crippen LogP) is 2.56. The minimum atomic E-state index is -0.887. The molecule has 0 saturated heterocycles. The molecule has 0 fully saturated rings. The number of carbonyl (C=O) groups is 1. The van der Waals surface area contributed by atoms with Gasteiger partial charge in [0, 0.05) is 25.4 Å². The molecule has 0 bridgehead atoms. The maximum Gasteiger partial charge on any atom is 0.335 e. The topological polar surface area (TPSA) is 49.8 Å². The summed E-state index contributed by atoms with van der Waals surface area (Å²) in [6, 6.07) is 5.23. The van der Waals surface area contributed by atoms with Crippen LogP contribution in [0.1, 0.15) is 29.8 Å². The van der Waals surface area contributed by atoms with Crippen molar-refractivity contribution < 1.29 is 14.6 Å². The van der Waals surface area contributed by atoms with Crippen LogP contribution in [0.15, 0.2) is 18.2 Å². The van der Waals surface area contributed by atoms with Crippen LogP contribution in [-0.2, 0) is 4.74 Å². The number of hydrogen-bond donors (Lipinski definition) is 1. The van der Waals surface area contributed by atoms with Gasteiger partial charge in [-0.25, -0.2) is 4.79 Å². The summed E-state index contributed by atoms with van der Waals surface area (Å²) in [6.45, 7) is 9.08. The number of ether oxygens (including phenoxy) is 1. The molecule has 1 aromatic rings. The van der Waals surface area contributed by atoms with E-state index in [-0.39, 0.29) is 0 Å². The first-order valence-corrected chi connectivity index (χ1v) is 6.26. The predicted molar refractivity (Wildman–Crippen MR) is 72.5 cm³/mol. The number of aryl methyl sites for hydroxylation is 1. The van der Waals surface area contributed by atoms with E-state index >= 15 is 0 Å². The fourth-order valence-corrected chi connectivity index (χ4v) is 1.91. The Balaban J connectivity index is 2.82. The highest BCUT2D eigenvalue weighted by Crippen LogP contribution is 2.21. The van der Waals surface area contributed by atoms with Crippen molar-refractivity contribution in [2.45, 2.75) is 20.8 Å². The Morgan fingerprint density at radius 1 is 1.39 bits per heavy atom. The average Bonchev–Trinajstić information content (AvgIpc) is 2.35. The first-order chi connectivity index (χ1) is 8.60. The van der Waals surface area contributed by atoms with E-state index in [2.05, 4.69) is 11.8 Å². The molecule has 18 heavy (non-hydrogen) atoms. The van der Waals surface area contributed by atoms with E-state index in [4.69, 9.17) is 9.84 Å². The van der Waals surface area contributed by atoms with E-state index in [1.165, 1.54) is 0 Å². The van der Waals surface area contributed by atoms with Gasteiger partial charge in [0.05, 0.1) is 12.2 Å². The molecule has 1 rings (SSSR count). The molecular formula is C14H21NO3. The van der Waals surface area contributed by atoms with Crippen LogP contribution in [0.3, 0.4) is 0 Å². The van der Waals surface area contributed by atoms with Gasteiger partial charge in [0.15, 0.2) is 0 Å². The van der Waals surface area contributed by atoms with Crippen LogP contribution in [0.25, 0.3) is 0 Å². The molecule has 100 valence electrons. The van der Waals surface area contributed by atoms with Crippen LogP contribution < -0.4 is 4.90 Å². The molecular weight excluding hydrogens is 230 g/mol. The van der Waals surface area contributed by atoms with Crippen LogP contribution in [0, 0.1) is 6.92 Å². The monoisotopic (exact) mass is 251 g/mol. The summed E-state index contributed by atoms with van der Waals surface area (Å²) in [7, 11) is 0.